The number of nitrogens with zero attached hydrogens (tertiary/aromatic N) is 4. The molecular weight excluding hydrogens is 569 g/mol. The van der Waals surface area contributed by atoms with Gasteiger partial charge in [-0.05, 0) is 61.5 Å². The van der Waals surface area contributed by atoms with E-state index < -0.39 is 27.5 Å². The van der Waals surface area contributed by atoms with E-state index in [1.54, 1.807) is 37.3 Å². The molecule has 3 aromatic carbocycles. The monoisotopic (exact) mass is 592 g/mol. The van der Waals surface area contributed by atoms with E-state index in [4.69, 9.17) is 5.73 Å². The van der Waals surface area contributed by atoms with Gasteiger partial charge in [-0.2, -0.15) is 18.3 Å². The van der Waals surface area contributed by atoms with Gasteiger partial charge in [-0.3, -0.25) is 4.79 Å². The Bertz CT molecular complexity index is 2120. The Balaban J connectivity index is 1.51. The van der Waals surface area contributed by atoms with Crippen molar-refractivity contribution in [3.63, 3.8) is 0 Å². The van der Waals surface area contributed by atoms with E-state index in [0.717, 1.165) is 50.7 Å². The first-order chi connectivity index (χ1) is 19.9. The summed E-state index contributed by atoms with van der Waals surface area (Å²) in [6.45, 7) is 3.74. The number of carbonyl (C=O) groups is 1. The minimum absolute atomic E-state index is 0.0740. The van der Waals surface area contributed by atoms with Gasteiger partial charge in [-0.25, -0.2) is 22.1 Å². The molecule has 3 aromatic heterocycles. The molecule has 0 aliphatic rings. The van der Waals surface area contributed by atoms with Gasteiger partial charge < -0.3 is 10.7 Å². The van der Waals surface area contributed by atoms with Crippen LogP contribution in [0.25, 0.3) is 27.6 Å². The Labute approximate surface area is 237 Å². The molecule has 0 atom stereocenters. The maximum Gasteiger partial charge on any atom is 0.416 e. The molecule has 0 saturated heterocycles. The van der Waals surface area contributed by atoms with Crippen LogP contribution in [-0.2, 0) is 22.6 Å². The van der Waals surface area contributed by atoms with Crippen molar-refractivity contribution in [2.24, 2.45) is 0 Å². The summed E-state index contributed by atoms with van der Waals surface area (Å²) in [5.41, 5.74) is 7.58. The summed E-state index contributed by atoms with van der Waals surface area (Å²) in [6.07, 6.45) is -2.76. The zero-order valence-electron chi connectivity index (χ0n) is 22.3. The van der Waals surface area contributed by atoms with Crippen molar-refractivity contribution < 1.29 is 26.4 Å². The smallest absolute Gasteiger partial charge is 0.383 e. The number of alkyl halides is 3. The van der Waals surface area contributed by atoms with Crippen LogP contribution >= 0.6 is 0 Å². The van der Waals surface area contributed by atoms with Crippen LogP contribution in [0.2, 0.25) is 0 Å². The summed E-state index contributed by atoms with van der Waals surface area (Å²) < 4.78 is 70.3. The molecule has 0 amide bonds. The highest BCUT2D eigenvalue weighted by Crippen LogP contribution is 2.35. The van der Waals surface area contributed by atoms with E-state index in [1.807, 2.05) is 6.92 Å². The molecule has 6 rings (SSSR count). The lowest BCUT2D eigenvalue weighted by atomic mass is 10.1. The molecule has 0 bridgehead atoms. The second-order valence-electron chi connectivity index (χ2n) is 9.81. The number of aromatic amines is 1. The number of nitrogens with two attached hydrogens (primary N) is 1. The molecule has 0 fully saturated rings. The van der Waals surface area contributed by atoms with Crippen LogP contribution in [0.3, 0.4) is 0 Å². The molecule has 42 heavy (non-hydrogen) atoms. The Morgan fingerprint density at radius 3 is 2.45 bits per heavy atom. The molecule has 9 nitrogen and oxygen atoms in total. The Kier molecular flexibility index (Phi) is 6.22. The lowest BCUT2D eigenvalue weighted by Gasteiger charge is -2.12. The topological polar surface area (TPSA) is 129 Å². The van der Waals surface area contributed by atoms with Gasteiger partial charge in [0.05, 0.1) is 44.5 Å². The van der Waals surface area contributed by atoms with Crippen molar-refractivity contribution in [1.29, 1.82) is 0 Å². The lowest BCUT2D eigenvalue weighted by Crippen LogP contribution is -2.19. The number of ketones is 1. The predicted octanol–water partition coefficient (Wildman–Crippen LogP) is 5.64. The number of hydrogen-bond acceptors (Lipinski definition) is 6. The number of nitrogens with one attached hydrogen (secondary N) is 1. The second kappa shape index (κ2) is 9.58. The summed E-state index contributed by atoms with van der Waals surface area (Å²) in [5, 5.41) is 4.18. The zero-order valence-corrected chi connectivity index (χ0v) is 23.1. The van der Waals surface area contributed by atoms with E-state index in [1.165, 1.54) is 23.0 Å². The van der Waals surface area contributed by atoms with Gasteiger partial charge in [0, 0.05) is 11.8 Å². The van der Waals surface area contributed by atoms with Crippen molar-refractivity contribution in [2.75, 3.05) is 5.73 Å². The molecule has 0 saturated carbocycles. The van der Waals surface area contributed by atoms with Crippen LogP contribution in [0.15, 0.2) is 77.8 Å². The predicted molar refractivity (Wildman–Crippen MR) is 151 cm³/mol. The highest BCUT2D eigenvalue weighted by molar-refractivity contribution is 7.90. The zero-order chi connectivity index (χ0) is 30.0. The highest BCUT2D eigenvalue weighted by Gasteiger charge is 2.33. The molecule has 3 N–H and O–H groups in total. The quantitative estimate of drug-likeness (QED) is 0.241. The first-order valence-corrected chi connectivity index (χ1v) is 14.2. The summed E-state index contributed by atoms with van der Waals surface area (Å²) in [7, 11) is -4.42. The van der Waals surface area contributed by atoms with E-state index in [-0.39, 0.29) is 32.9 Å². The molecule has 3 heterocycles. The number of imidazole rings is 1. The van der Waals surface area contributed by atoms with E-state index in [9.17, 15) is 26.4 Å². The summed E-state index contributed by atoms with van der Waals surface area (Å²) in [5.74, 6) is -0.104. The molecule has 0 aliphatic heterocycles. The lowest BCUT2D eigenvalue weighted by molar-refractivity contribution is -0.137. The third kappa shape index (κ3) is 4.42. The van der Waals surface area contributed by atoms with Crippen LogP contribution in [-0.4, -0.2) is 37.9 Å². The number of aromatic nitrogens is 5. The van der Waals surface area contributed by atoms with Crippen molar-refractivity contribution in [3.8, 4) is 5.69 Å². The number of anilines is 1. The minimum atomic E-state index is -4.67. The number of halogens is 3. The average molecular weight is 593 g/mol. The molecule has 6 aromatic rings. The fraction of sp³-hybridized carbons (Fsp3) is 0.138. The van der Waals surface area contributed by atoms with Crippen molar-refractivity contribution in [1.82, 2.24) is 23.7 Å². The SMILES string of the molecule is CCc1nc2ccc(-n3ncc(C(=O)c4cc5cc(C(F)(F)F)ccc5n4S(=O)(=O)c4ccc(C)cc4)c3N)cc2[nH]1. The molecule has 0 unspecified atom stereocenters. The molecule has 0 aliphatic carbocycles. The highest BCUT2D eigenvalue weighted by atomic mass is 32.2. The van der Waals surface area contributed by atoms with Crippen molar-refractivity contribution >= 4 is 43.6 Å². The maximum absolute atomic E-state index is 13.9. The normalized spacial score (nSPS) is 12.4. The van der Waals surface area contributed by atoms with Crippen LogP contribution < -0.4 is 5.73 Å². The van der Waals surface area contributed by atoms with E-state index >= 15 is 0 Å². The number of hydrogen-bond donors (Lipinski definition) is 2. The van der Waals surface area contributed by atoms with Gasteiger partial charge in [0.2, 0.25) is 5.78 Å². The Morgan fingerprint density at radius 2 is 1.76 bits per heavy atom. The van der Waals surface area contributed by atoms with Crippen molar-refractivity contribution in [2.45, 2.75) is 31.3 Å². The largest absolute Gasteiger partial charge is 0.416 e. The fourth-order valence-electron chi connectivity index (χ4n) is 4.83. The minimum Gasteiger partial charge on any atom is -0.383 e. The first kappa shape index (κ1) is 27.3. The fourth-order valence-corrected chi connectivity index (χ4v) is 6.34. The number of nitrogen functional groups attached to an aromatic ring is 1. The number of rotatable bonds is 6. The molecule has 13 heteroatoms. The second-order valence-corrected chi connectivity index (χ2v) is 11.6. The Hall–Kier alpha value is -4.91. The number of carbonyl (C=O) groups excluding carboxylic acids is 1. The third-order valence-electron chi connectivity index (χ3n) is 7.02. The summed E-state index contributed by atoms with van der Waals surface area (Å²) in [6, 6.07) is 14.9. The van der Waals surface area contributed by atoms with Crippen LogP contribution in [0.1, 0.15) is 39.9 Å². The van der Waals surface area contributed by atoms with Crippen LogP contribution in [0.5, 0.6) is 0 Å². The maximum atomic E-state index is 13.9. The molecular formula is C29H23F3N6O3S. The number of aryl methyl sites for hydroxylation is 2. The van der Waals surface area contributed by atoms with Gasteiger partial charge in [0.1, 0.15) is 17.3 Å². The average Bonchev–Trinajstić information content (AvgIpc) is 3.66. The van der Waals surface area contributed by atoms with Gasteiger partial charge in [-0.15, -0.1) is 0 Å². The van der Waals surface area contributed by atoms with Crippen molar-refractivity contribution in [3.05, 3.63) is 101 Å². The third-order valence-corrected chi connectivity index (χ3v) is 8.76. The summed E-state index contributed by atoms with van der Waals surface area (Å²) in [4.78, 5) is 21.4. The summed E-state index contributed by atoms with van der Waals surface area (Å²) >= 11 is 0. The van der Waals surface area contributed by atoms with Crippen LogP contribution in [0, 0.1) is 6.92 Å². The standard InChI is InChI=1S/C29H23F3N6O3S/c1-3-26-35-22-10-7-19(14-23(22)36-26)37-28(33)21(15-34-37)27(39)25-13-17-12-18(29(30,31)32)6-11-24(17)38(25)42(40,41)20-8-4-16(2)5-9-20/h4-15H,3,33H2,1-2H3,(H,35,36). The van der Waals surface area contributed by atoms with E-state index in [0.29, 0.717) is 12.1 Å². The molecule has 0 radical (unpaired) electrons. The Morgan fingerprint density at radius 1 is 1.02 bits per heavy atom. The van der Waals surface area contributed by atoms with E-state index in [2.05, 4.69) is 15.1 Å². The molecule has 0 spiro atoms. The number of H-pyrrole nitrogens is 1. The number of benzene rings is 3. The van der Waals surface area contributed by atoms with Crippen LogP contribution in [0.4, 0.5) is 19.0 Å². The molecule has 214 valence electrons. The van der Waals surface area contributed by atoms with Gasteiger partial charge in [0.15, 0.2) is 0 Å². The number of fused-ring (bicyclic) bond motifs is 2. The van der Waals surface area contributed by atoms with Gasteiger partial charge in [-0.1, -0.05) is 24.6 Å². The first-order valence-electron chi connectivity index (χ1n) is 12.8. The van der Waals surface area contributed by atoms with Gasteiger partial charge >= 0.3 is 6.18 Å². The van der Waals surface area contributed by atoms with Gasteiger partial charge in [0.25, 0.3) is 10.0 Å².